The third-order valence-corrected chi connectivity index (χ3v) is 2.31. The lowest BCUT2D eigenvalue weighted by molar-refractivity contribution is -0.120. The van der Waals surface area contributed by atoms with Gasteiger partial charge in [-0.1, -0.05) is 16.8 Å². The van der Waals surface area contributed by atoms with Gasteiger partial charge >= 0.3 is 0 Å². The fourth-order valence-corrected chi connectivity index (χ4v) is 1.45. The first kappa shape index (κ1) is 14.3. The predicted molar refractivity (Wildman–Crippen MR) is 69.1 cm³/mol. The second-order valence-electron chi connectivity index (χ2n) is 3.36. The van der Waals surface area contributed by atoms with E-state index in [0.717, 1.165) is 0 Å². The van der Waals surface area contributed by atoms with E-state index in [0.29, 0.717) is 22.9 Å². The van der Waals surface area contributed by atoms with E-state index in [4.69, 9.17) is 27.3 Å². The highest BCUT2D eigenvalue weighted by Gasteiger charge is 2.10. The summed E-state index contributed by atoms with van der Waals surface area (Å²) in [6, 6.07) is 4.64. The van der Waals surface area contributed by atoms with Gasteiger partial charge in [-0.15, -0.1) is 0 Å². The first-order chi connectivity index (χ1) is 8.58. The molecule has 0 bridgehead atoms. The first-order valence-electron chi connectivity index (χ1n) is 5.23. The van der Waals surface area contributed by atoms with Crippen LogP contribution in [0.5, 0.6) is 0 Å². The first-order valence-corrected chi connectivity index (χ1v) is 5.61. The van der Waals surface area contributed by atoms with Gasteiger partial charge in [-0.3, -0.25) is 4.79 Å². The van der Waals surface area contributed by atoms with Gasteiger partial charge in [0.25, 0.3) is 0 Å². The van der Waals surface area contributed by atoms with E-state index < -0.39 is 0 Å². The highest BCUT2D eigenvalue weighted by atomic mass is 35.5. The van der Waals surface area contributed by atoms with E-state index in [1.807, 2.05) is 0 Å². The van der Waals surface area contributed by atoms with Crippen LogP contribution in [0.3, 0.4) is 0 Å². The Morgan fingerprint density at radius 1 is 1.61 bits per heavy atom. The molecule has 7 heteroatoms. The van der Waals surface area contributed by atoms with Crippen molar-refractivity contribution >= 4 is 29.0 Å². The van der Waals surface area contributed by atoms with E-state index in [1.54, 1.807) is 19.1 Å². The van der Waals surface area contributed by atoms with Gasteiger partial charge in [-0.2, -0.15) is 0 Å². The second-order valence-corrected chi connectivity index (χ2v) is 3.80. The molecular formula is C11H14ClN3O3. The summed E-state index contributed by atoms with van der Waals surface area (Å²) in [5.41, 5.74) is 6.24. The molecule has 0 spiro atoms. The van der Waals surface area contributed by atoms with Gasteiger partial charge in [-0.05, 0) is 25.1 Å². The fraction of sp³-hybridized carbons (Fsp3) is 0.273. The minimum Gasteiger partial charge on any atom is -0.409 e. The zero-order chi connectivity index (χ0) is 13.5. The number of carbonyl (C=O) groups is 1. The molecule has 0 saturated carbocycles. The summed E-state index contributed by atoms with van der Waals surface area (Å²) in [4.78, 5) is 11.5. The van der Waals surface area contributed by atoms with Gasteiger partial charge in [0.15, 0.2) is 5.84 Å². The Morgan fingerprint density at radius 3 is 2.94 bits per heavy atom. The van der Waals surface area contributed by atoms with Crippen molar-refractivity contribution in [2.45, 2.75) is 6.92 Å². The number of nitrogens with zero attached hydrogens (tertiary/aromatic N) is 1. The lowest BCUT2D eigenvalue weighted by atomic mass is 10.1. The molecule has 0 aliphatic carbocycles. The maximum atomic E-state index is 11.5. The summed E-state index contributed by atoms with van der Waals surface area (Å²) in [6.07, 6.45) is 0. The van der Waals surface area contributed by atoms with Crippen molar-refractivity contribution in [3.8, 4) is 0 Å². The van der Waals surface area contributed by atoms with E-state index in [9.17, 15) is 4.79 Å². The van der Waals surface area contributed by atoms with Crippen molar-refractivity contribution in [2.24, 2.45) is 10.9 Å². The maximum Gasteiger partial charge on any atom is 0.250 e. The standard InChI is InChI=1S/C11H14ClN3O3/c1-2-18-6-10(16)14-9-5-7(12)3-4-8(9)11(13)15-17/h3-5,17H,2,6H2,1H3,(H2,13,15)(H,14,16). The molecule has 1 aromatic rings. The molecule has 6 nitrogen and oxygen atoms in total. The van der Waals surface area contributed by atoms with Crippen LogP contribution in [0.4, 0.5) is 5.69 Å². The number of anilines is 1. The molecule has 0 saturated heterocycles. The zero-order valence-corrected chi connectivity index (χ0v) is 10.6. The van der Waals surface area contributed by atoms with Crippen LogP contribution in [0, 0.1) is 0 Å². The molecule has 0 atom stereocenters. The van der Waals surface area contributed by atoms with Crippen molar-refractivity contribution in [3.63, 3.8) is 0 Å². The maximum absolute atomic E-state index is 11.5. The van der Waals surface area contributed by atoms with Gasteiger partial charge in [0.05, 0.1) is 5.69 Å². The molecule has 0 heterocycles. The molecule has 18 heavy (non-hydrogen) atoms. The van der Waals surface area contributed by atoms with Crippen LogP contribution in [0.1, 0.15) is 12.5 Å². The van der Waals surface area contributed by atoms with Gasteiger partial charge in [0.2, 0.25) is 5.91 Å². The smallest absolute Gasteiger partial charge is 0.250 e. The summed E-state index contributed by atoms with van der Waals surface area (Å²) in [7, 11) is 0. The number of hydrogen-bond donors (Lipinski definition) is 3. The predicted octanol–water partition coefficient (Wildman–Crippen LogP) is 1.41. The van der Waals surface area contributed by atoms with E-state index >= 15 is 0 Å². The third-order valence-electron chi connectivity index (χ3n) is 2.08. The summed E-state index contributed by atoms with van der Waals surface area (Å²) in [6.45, 7) is 2.16. The quantitative estimate of drug-likeness (QED) is 0.326. The summed E-state index contributed by atoms with van der Waals surface area (Å²) in [5.74, 6) is -0.454. The Bertz CT molecular complexity index is 463. The Hall–Kier alpha value is -1.79. The summed E-state index contributed by atoms with van der Waals surface area (Å²) in [5, 5.41) is 14.5. The molecule has 0 radical (unpaired) electrons. The van der Waals surface area contributed by atoms with Gasteiger partial charge in [-0.25, -0.2) is 0 Å². The van der Waals surface area contributed by atoms with Gasteiger partial charge < -0.3 is 21.0 Å². The third kappa shape index (κ3) is 3.90. The van der Waals surface area contributed by atoms with Crippen LogP contribution in [0.25, 0.3) is 0 Å². The van der Waals surface area contributed by atoms with Crippen LogP contribution in [-0.2, 0) is 9.53 Å². The number of carbonyl (C=O) groups excluding carboxylic acids is 1. The number of halogens is 1. The topological polar surface area (TPSA) is 96.9 Å². The van der Waals surface area contributed by atoms with Crippen molar-refractivity contribution in [3.05, 3.63) is 28.8 Å². The van der Waals surface area contributed by atoms with Crippen LogP contribution >= 0.6 is 11.6 Å². The minimum atomic E-state index is -0.342. The van der Waals surface area contributed by atoms with Gasteiger partial charge in [0, 0.05) is 17.2 Å². The van der Waals surface area contributed by atoms with E-state index in [-0.39, 0.29) is 18.3 Å². The fourth-order valence-electron chi connectivity index (χ4n) is 1.28. The Kier molecular flexibility index (Phi) is 5.41. The molecule has 0 aliphatic rings. The molecule has 0 aliphatic heterocycles. The molecule has 1 rings (SSSR count). The zero-order valence-electron chi connectivity index (χ0n) is 9.81. The molecule has 0 aromatic heterocycles. The second kappa shape index (κ2) is 6.83. The number of amides is 1. The van der Waals surface area contributed by atoms with Crippen LogP contribution in [-0.4, -0.2) is 30.2 Å². The van der Waals surface area contributed by atoms with Gasteiger partial charge in [0.1, 0.15) is 6.61 Å². The number of nitrogens with one attached hydrogen (secondary N) is 1. The highest BCUT2D eigenvalue weighted by Crippen LogP contribution is 2.21. The lowest BCUT2D eigenvalue weighted by Crippen LogP contribution is -2.22. The number of amidine groups is 1. The van der Waals surface area contributed by atoms with Crippen molar-refractivity contribution in [2.75, 3.05) is 18.5 Å². The van der Waals surface area contributed by atoms with E-state index in [2.05, 4.69) is 10.5 Å². The Balaban J connectivity index is 2.92. The summed E-state index contributed by atoms with van der Waals surface area (Å²) >= 11 is 5.83. The molecule has 0 fully saturated rings. The average Bonchev–Trinajstić information content (AvgIpc) is 2.35. The number of rotatable bonds is 5. The molecule has 1 aromatic carbocycles. The number of hydrogen-bond acceptors (Lipinski definition) is 4. The number of nitrogens with two attached hydrogens (primary N) is 1. The normalized spacial score (nSPS) is 11.3. The average molecular weight is 272 g/mol. The van der Waals surface area contributed by atoms with Crippen molar-refractivity contribution in [1.82, 2.24) is 0 Å². The van der Waals surface area contributed by atoms with Crippen molar-refractivity contribution in [1.29, 1.82) is 0 Å². The molecule has 1 amide bonds. The lowest BCUT2D eigenvalue weighted by Gasteiger charge is -2.10. The van der Waals surface area contributed by atoms with Crippen LogP contribution in [0.15, 0.2) is 23.4 Å². The molecule has 4 N–H and O–H groups in total. The SMILES string of the molecule is CCOCC(=O)Nc1cc(Cl)ccc1C(N)=NO. The molecule has 98 valence electrons. The van der Waals surface area contributed by atoms with Crippen LogP contribution in [0.2, 0.25) is 5.02 Å². The largest absolute Gasteiger partial charge is 0.409 e. The molecule has 0 unspecified atom stereocenters. The van der Waals surface area contributed by atoms with E-state index in [1.165, 1.54) is 6.07 Å². The monoisotopic (exact) mass is 271 g/mol. The Labute approximate surface area is 109 Å². The van der Waals surface area contributed by atoms with Crippen molar-refractivity contribution < 1.29 is 14.7 Å². The molecular weight excluding hydrogens is 258 g/mol. The number of ether oxygens (including phenoxy) is 1. The van der Waals surface area contributed by atoms with Crippen LogP contribution < -0.4 is 11.1 Å². The Morgan fingerprint density at radius 2 is 2.33 bits per heavy atom. The minimum absolute atomic E-state index is 0.0708. The number of benzene rings is 1. The summed E-state index contributed by atoms with van der Waals surface area (Å²) < 4.78 is 4.97. The highest BCUT2D eigenvalue weighted by molar-refractivity contribution is 6.31. The number of oxime groups is 1.